The Balaban J connectivity index is 2.29. The molecule has 0 radical (unpaired) electrons. The van der Waals surface area contributed by atoms with E-state index in [1.165, 1.54) is 7.11 Å². The number of carbonyl (C=O) groups excluding carboxylic acids is 1. The van der Waals surface area contributed by atoms with Crippen molar-refractivity contribution in [1.29, 1.82) is 0 Å². The minimum atomic E-state index is -0.677. The molecule has 2 rings (SSSR count). The van der Waals surface area contributed by atoms with Crippen LogP contribution >= 0.6 is 0 Å². The van der Waals surface area contributed by atoms with Gasteiger partial charge in [0.15, 0.2) is 0 Å². The fraction of sp³-hybridized carbons (Fsp3) is 0.400. The van der Waals surface area contributed by atoms with Crippen molar-refractivity contribution in [3.63, 3.8) is 0 Å². The maximum atomic E-state index is 12.2. The molecule has 0 unspecified atom stereocenters. The van der Waals surface area contributed by atoms with Crippen molar-refractivity contribution in [3.8, 4) is 0 Å². The molecule has 0 heterocycles. The quantitative estimate of drug-likeness (QED) is 0.483. The summed E-state index contributed by atoms with van der Waals surface area (Å²) in [4.78, 5) is 22.3. The van der Waals surface area contributed by atoms with Crippen LogP contribution in [0.2, 0.25) is 0 Å². The third-order valence-corrected chi connectivity index (χ3v) is 3.94. The number of hydrogen-bond acceptors (Lipinski definition) is 4. The van der Waals surface area contributed by atoms with E-state index in [1.807, 2.05) is 30.3 Å². The molecule has 106 valence electrons. The maximum Gasteiger partial charge on any atom is 0.316 e. The van der Waals surface area contributed by atoms with E-state index in [-0.39, 0.29) is 5.97 Å². The van der Waals surface area contributed by atoms with Crippen molar-refractivity contribution < 1.29 is 14.5 Å². The van der Waals surface area contributed by atoms with Crippen LogP contribution in [-0.2, 0) is 14.9 Å². The molecule has 5 nitrogen and oxygen atoms in total. The highest BCUT2D eigenvalue weighted by Gasteiger charge is 2.43. The summed E-state index contributed by atoms with van der Waals surface area (Å²) in [5.74, 6) is -0.260. The van der Waals surface area contributed by atoms with E-state index in [0.29, 0.717) is 25.7 Å². The van der Waals surface area contributed by atoms with Crippen LogP contribution in [0.3, 0.4) is 0 Å². The van der Waals surface area contributed by atoms with E-state index in [2.05, 4.69) is 0 Å². The van der Waals surface area contributed by atoms with Gasteiger partial charge in [0, 0.05) is 0 Å². The van der Waals surface area contributed by atoms with E-state index >= 15 is 0 Å². The van der Waals surface area contributed by atoms with Crippen LogP contribution in [-0.4, -0.2) is 18.0 Å². The van der Waals surface area contributed by atoms with Gasteiger partial charge in [-0.05, 0) is 36.8 Å². The number of hydrogen-bond donors (Lipinski definition) is 0. The lowest BCUT2D eigenvalue weighted by Gasteiger charge is -2.35. The van der Waals surface area contributed by atoms with Gasteiger partial charge < -0.3 is 4.74 Å². The van der Waals surface area contributed by atoms with Gasteiger partial charge in [-0.2, -0.15) is 0 Å². The van der Waals surface area contributed by atoms with Crippen LogP contribution in [0.4, 0.5) is 0 Å². The molecule has 0 spiro atoms. The molecule has 1 fully saturated rings. The fourth-order valence-electron chi connectivity index (χ4n) is 2.84. The predicted octanol–water partition coefficient (Wildman–Crippen LogP) is 2.83. The summed E-state index contributed by atoms with van der Waals surface area (Å²) in [6, 6.07) is 9.51. The highest BCUT2D eigenvalue weighted by atomic mass is 16.6. The Morgan fingerprint density at radius 2 is 1.90 bits per heavy atom. The van der Waals surface area contributed by atoms with E-state index in [0.717, 1.165) is 17.3 Å². The minimum Gasteiger partial charge on any atom is -0.468 e. The first-order chi connectivity index (χ1) is 9.58. The molecular weight excluding hydrogens is 258 g/mol. The van der Waals surface area contributed by atoms with E-state index in [4.69, 9.17) is 4.74 Å². The first kappa shape index (κ1) is 14.2. The lowest BCUT2D eigenvalue weighted by Crippen LogP contribution is -2.39. The number of benzene rings is 1. The average molecular weight is 275 g/mol. The largest absolute Gasteiger partial charge is 0.468 e. The van der Waals surface area contributed by atoms with Crippen LogP contribution in [0.25, 0.3) is 0 Å². The van der Waals surface area contributed by atoms with Gasteiger partial charge in [-0.25, -0.2) is 0 Å². The zero-order valence-electron chi connectivity index (χ0n) is 11.4. The lowest BCUT2D eigenvalue weighted by atomic mass is 9.68. The van der Waals surface area contributed by atoms with Crippen molar-refractivity contribution in [2.75, 3.05) is 7.11 Å². The van der Waals surface area contributed by atoms with Crippen LogP contribution in [0.5, 0.6) is 0 Å². The normalized spacial score (nSPS) is 22.1. The third kappa shape index (κ3) is 2.71. The second kappa shape index (κ2) is 5.86. The zero-order chi connectivity index (χ0) is 14.6. The van der Waals surface area contributed by atoms with E-state index in [9.17, 15) is 14.9 Å². The van der Waals surface area contributed by atoms with Crippen molar-refractivity contribution in [2.45, 2.75) is 31.1 Å². The number of allylic oxidation sites excluding steroid dienone is 1. The number of nitro groups is 1. The second-order valence-corrected chi connectivity index (χ2v) is 5.01. The Morgan fingerprint density at radius 3 is 2.40 bits per heavy atom. The maximum absolute atomic E-state index is 12.2. The number of esters is 1. The van der Waals surface area contributed by atoms with Gasteiger partial charge in [0.1, 0.15) is 0 Å². The second-order valence-electron chi connectivity index (χ2n) is 5.01. The Kier molecular flexibility index (Phi) is 4.17. The van der Waals surface area contributed by atoms with Crippen molar-refractivity contribution in [1.82, 2.24) is 0 Å². The van der Waals surface area contributed by atoms with Crippen LogP contribution in [0.15, 0.2) is 42.1 Å². The molecule has 0 amide bonds. The first-order valence-electron chi connectivity index (χ1n) is 6.55. The van der Waals surface area contributed by atoms with Crippen molar-refractivity contribution in [2.24, 2.45) is 0 Å². The van der Waals surface area contributed by atoms with Crippen LogP contribution < -0.4 is 0 Å². The summed E-state index contributed by atoms with van der Waals surface area (Å²) in [5.41, 5.74) is 1.03. The van der Waals surface area contributed by atoms with Crippen LogP contribution in [0.1, 0.15) is 31.2 Å². The first-order valence-corrected chi connectivity index (χ1v) is 6.55. The standard InChI is InChI=1S/C15H17NO4/c1-20-14(17)15(13-5-3-2-4-6-13)9-7-12(8-10-15)11-16(18)19/h2-6,11H,7-10H2,1H3. The van der Waals surface area contributed by atoms with Crippen LogP contribution in [0, 0.1) is 10.1 Å². The number of rotatable bonds is 3. The Bertz CT molecular complexity index is 526. The topological polar surface area (TPSA) is 69.4 Å². The molecule has 5 heteroatoms. The van der Waals surface area contributed by atoms with Gasteiger partial charge in [-0.15, -0.1) is 0 Å². The molecule has 20 heavy (non-hydrogen) atoms. The van der Waals surface area contributed by atoms with E-state index < -0.39 is 10.3 Å². The smallest absolute Gasteiger partial charge is 0.316 e. The summed E-state index contributed by atoms with van der Waals surface area (Å²) < 4.78 is 4.97. The van der Waals surface area contributed by atoms with Gasteiger partial charge in [-0.1, -0.05) is 30.3 Å². The summed E-state index contributed by atoms with van der Waals surface area (Å²) >= 11 is 0. The van der Waals surface area contributed by atoms with Gasteiger partial charge in [0.2, 0.25) is 6.20 Å². The number of ether oxygens (including phenoxy) is 1. The van der Waals surface area contributed by atoms with Gasteiger partial charge in [0.05, 0.1) is 17.4 Å². The monoisotopic (exact) mass is 275 g/mol. The predicted molar refractivity (Wildman–Crippen MR) is 73.7 cm³/mol. The molecule has 1 saturated carbocycles. The molecule has 1 aromatic carbocycles. The molecule has 0 atom stereocenters. The highest BCUT2D eigenvalue weighted by Crippen LogP contribution is 2.42. The third-order valence-electron chi connectivity index (χ3n) is 3.94. The molecule has 1 aliphatic carbocycles. The highest BCUT2D eigenvalue weighted by molar-refractivity contribution is 5.83. The summed E-state index contributed by atoms with van der Waals surface area (Å²) in [7, 11) is 1.38. The van der Waals surface area contributed by atoms with Crippen molar-refractivity contribution in [3.05, 3.63) is 57.8 Å². The van der Waals surface area contributed by atoms with Gasteiger partial charge >= 0.3 is 5.97 Å². The Morgan fingerprint density at radius 1 is 1.30 bits per heavy atom. The van der Waals surface area contributed by atoms with Gasteiger partial charge in [-0.3, -0.25) is 14.9 Å². The average Bonchev–Trinajstić information content (AvgIpc) is 2.48. The zero-order valence-corrected chi connectivity index (χ0v) is 11.4. The lowest BCUT2D eigenvalue weighted by molar-refractivity contribution is -0.403. The SMILES string of the molecule is COC(=O)C1(c2ccccc2)CCC(=C[N+](=O)[O-])CC1. The molecule has 0 aromatic heterocycles. The summed E-state index contributed by atoms with van der Waals surface area (Å²) in [6.45, 7) is 0. The number of methoxy groups -OCH3 is 1. The molecule has 0 N–H and O–H groups in total. The molecule has 1 aromatic rings. The fourth-order valence-corrected chi connectivity index (χ4v) is 2.84. The molecule has 1 aliphatic rings. The number of nitrogens with zero attached hydrogens (tertiary/aromatic N) is 1. The number of carbonyl (C=O) groups is 1. The molecule has 0 saturated heterocycles. The van der Waals surface area contributed by atoms with E-state index in [1.54, 1.807) is 0 Å². The molecular formula is C15H17NO4. The minimum absolute atomic E-state index is 0.260. The summed E-state index contributed by atoms with van der Waals surface area (Å²) in [5, 5.41) is 10.5. The van der Waals surface area contributed by atoms with Gasteiger partial charge in [0.25, 0.3) is 0 Å². The molecule has 0 aliphatic heterocycles. The Hall–Kier alpha value is -2.17. The Labute approximate surface area is 117 Å². The summed E-state index contributed by atoms with van der Waals surface area (Å²) in [6.07, 6.45) is 3.24. The van der Waals surface area contributed by atoms with Crippen molar-refractivity contribution >= 4 is 5.97 Å². The molecule has 0 bridgehead atoms.